The Kier molecular flexibility index (Phi) is 4.75. The summed E-state index contributed by atoms with van der Waals surface area (Å²) in [5.74, 6) is -0.325. The van der Waals surface area contributed by atoms with Gasteiger partial charge >= 0.3 is 6.09 Å². The van der Waals surface area contributed by atoms with Crippen molar-refractivity contribution in [2.75, 3.05) is 0 Å². The van der Waals surface area contributed by atoms with E-state index in [1.165, 1.54) is 4.90 Å². The number of imide groups is 1. The summed E-state index contributed by atoms with van der Waals surface area (Å²) in [7, 11) is 0. The molecule has 2 atom stereocenters. The van der Waals surface area contributed by atoms with Crippen molar-refractivity contribution in [1.29, 1.82) is 0 Å². The average molecular weight is 321 g/mol. The molecule has 24 heavy (non-hydrogen) atoms. The van der Waals surface area contributed by atoms with Gasteiger partial charge in [0.05, 0.1) is 6.04 Å². The van der Waals surface area contributed by atoms with Crippen LogP contribution < -0.4 is 0 Å². The van der Waals surface area contributed by atoms with Crippen LogP contribution in [0.4, 0.5) is 4.79 Å². The lowest BCUT2D eigenvalue weighted by Gasteiger charge is -2.22. The van der Waals surface area contributed by atoms with Crippen molar-refractivity contribution >= 4 is 12.0 Å². The Morgan fingerprint density at radius 1 is 1.08 bits per heavy atom. The van der Waals surface area contributed by atoms with Crippen LogP contribution in [-0.2, 0) is 11.2 Å². The van der Waals surface area contributed by atoms with Gasteiger partial charge in [-0.15, -0.1) is 0 Å². The largest absolute Gasteiger partial charge is 0.439 e. The quantitative estimate of drug-likeness (QED) is 0.804. The molecule has 3 rings (SSSR count). The molecule has 4 nitrogen and oxygen atoms in total. The van der Waals surface area contributed by atoms with E-state index in [4.69, 9.17) is 4.74 Å². The van der Waals surface area contributed by atoms with Crippen LogP contribution >= 0.6 is 0 Å². The maximum atomic E-state index is 12.8. The lowest BCUT2D eigenvalue weighted by Crippen LogP contribution is -2.42. The van der Waals surface area contributed by atoms with Gasteiger partial charge in [-0.3, -0.25) is 4.79 Å². The zero-order valence-electron chi connectivity index (χ0n) is 13.5. The minimum absolute atomic E-state index is 0.325. The number of amides is 2. The van der Waals surface area contributed by atoms with E-state index >= 15 is 0 Å². The highest BCUT2D eigenvalue weighted by molar-refractivity contribution is 6.04. The predicted molar refractivity (Wildman–Crippen MR) is 91.6 cm³/mol. The normalized spacial score (nSPS) is 20.4. The number of cyclic esters (lactones) is 1. The molecule has 0 spiro atoms. The number of benzene rings is 2. The van der Waals surface area contributed by atoms with Crippen molar-refractivity contribution in [2.45, 2.75) is 25.5 Å². The Bertz CT molecular complexity index is 740. The molecule has 1 saturated heterocycles. The van der Waals surface area contributed by atoms with E-state index in [-0.39, 0.29) is 11.9 Å². The average Bonchev–Trinajstić information content (AvgIpc) is 2.91. The highest BCUT2D eigenvalue weighted by Crippen LogP contribution is 2.26. The Labute approximate surface area is 141 Å². The third-order valence-electron chi connectivity index (χ3n) is 4.05. The van der Waals surface area contributed by atoms with Crippen LogP contribution in [0.1, 0.15) is 22.8 Å². The Morgan fingerprint density at radius 3 is 2.33 bits per heavy atom. The SMILES string of the molecule is C/C=C\C1OC(=O)N(C(=O)c2ccccc2)C1Cc1ccccc1. The third kappa shape index (κ3) is 3.23. The molecule has 2 aromatic rings. The van der Waals surface area contributed by atoms with E-state index < -0.39 is 12.2 Å². The summed E-state index contributed by atoms with van der Waals surface area (Å²) in [6.07, 6.45) is 3.19. The monoisotopic (exact) mass is 321 g/mol. The molecule has 1 aliphatic heterocycles. The molecule has 1 fully saturated rings. The fourth-order valence-electron chi connectivity index (χ4n) is 2.91. The van der Waals surface area contributed by atoms with E-state index in [0.717, 1.165) is 5.56 Å². The fourth-order valence-corrected chi connectivity index (χ4v) is 2.91. The maximum absolute atomic E-state index is 12.8. The molecule has 0 N–H and O–H groups in total. The minimum Gasteiger partial charge on any atom is -0.439 e. The van der Waals surface area contributed by atoms with Gasteiger partial charge in [0.25, 0.3) is 5.91 Å². The molecule has 0 saturated carbocycles. The van der Waals surface area contributed by atoms with E-state index in [0.29, 0.717) is 12.0 Å². The van der Waals surface area contributed by atoms with Crippen molar-refractivity contribution in [1.82, 2.24) is 4.90 Å². The van der Waals surface area contributed by atoms with Crippen molar-refractivity contribution < 1.29 is 14.3 Å². The van der Waals surface area contributed by atoms with Crippen LogP contribution in [0.25, 0.3) is 0 Å². The van der Waals surface area contributed by atoms with Gasteiger partial charge in [-0.2, -0.15) is 0 Å². The van der Waals surface area contributed by atoms with Gasteiger partial charge in [0.1, 0.15) is 6.10 Å². The molecular weight excluding hydrogens is 302 g/mol. The topological polar surface area (TPSA) is 46.6 Å². The highest BCUT2D eigenvalue weighted by Gasteiger charge is 2.44. The van der Waals surface area contributed by atoms with Gasteiger partial charge in [-0.05, 0) is 37.1 Å². The third-order valence-corrected chi connectivity index (χ3v) is 4.05. The van der Waals surface area contributed by atoms with Crippen LogP contribution in [0.15, 0.2) is 72.8 Å². The second-order valence-electron chi connectivity index (χ2n) is 5.67. The number of hydrogen-bond acceptors (Lipinski definition) is 3. The molecule has 0 radical (unpaired) electrons. The summed E-state index contributed by atoms with van der Waals surface area (Å²) < 4.78 is 5.42. The molecule has 2 aromatic carbocycles. The first-order valence-corrected chi connectivity index (χ1v) is 7.96. The number of nitrogens with zero attached hydrogens (tertiary/aromatic N) is 1. The molecule has 122 valence electrons. The summed E-state index contributed by atoms with van der Waals surface area (Å²) in [5, 5.41) is 0. The number of ether oxygens (including phenoxy) is 1. The second kappa shape index (κ2) is 7.13. The lowest BCUT2D eigenvalue weighted by atomic mass is 9.99. The van der Waals surface area contributed by atoms with Gasteiger partial charge in [0, 0.05) is 5.56 Å². The van der Waals surface area contributed by atoms with E-state index in [9.17, 15) is 9.59 Å². The van der Waals surface area contributed by atoms with Gasteiger partial charge in [-0.25, -0.2) is 9.69 Å². The zero-order chi connectivity index (χ0) is 16.9. The van der Waals surface area contributed by atoms with Gasteiger partial charge in [-0.1, -0.05) is 54.6 Å². The molecule has 0 aromatic heterocycles. The van der Waals surface area contributed by atoms with Gasteiger partial charge in [0.2, 0.25) is 0 Å². The molecule has 0 bridgehead atoms. The highest BCUT2D eigenvalue weighted by atomic mass is 16.6. The van der Waals surface area contributed by atoms with Crippen molar-refractivity contribution in [2.24, 2.45) is 0 Å². The number of rotatable bonds is 4. The molecule has 2 amide bonds. The summed E-state index contributed by atoms with van der Waals surface area (Å²) in [4.78, 5) is 26.4. The first-order chi connectivity index (χ1) is 11.7. The van der Waals surface area contributed by atoms with Crippen LogP contribution in [0.3, 0.4) is 0 Å². The van der Waals surface area contributed by atoms with E-state index in [1.54, 1.807) is 24.3 Å². The second-order valence-corrected chi connectivity index (χ2v) is 5.67. The summed E-state index contributed by atoms with van der Waals surface area (Å²) in [6.45, 7) is 1.87. The van der Waals surface area contributed by atoms with Crippen LogP contribution in [0.5, 0.6) is 0 Å². The standard InChI is InChI=1S/C20H19NO3/c1-2-9-18-17(14-15-10-5-3-6-11-15)21(20(23)24-18)19(22)16-12-7-4-8-13-16/h2-13,17-18H,14H2,1H3/b9-2-. The lowest BCUT2D eigenvalue weighted by molar-refractivity contribution is 0.0774. The number of hydrogen-bond donors (Lipinski definition) is 0. The molecule has 1 heterocycles. The minimum atomic E-state index is -0.590. The maximum Gasteiger partial charge on any atom is 0.417 e. The number of carbonyl (C=O) groups excluding carboxylic acids is 2. The first-order valence-electron chi connectivity index (χ1n) is 7.96. The molecular formula is C20H19NO3. The van der Waals surface area contributed by atoms with E-state index in [2.05, 4.69) is 0 Å². The van der Waals surface area contributed by atoms with Gasteiger partial charge in [0.15, 0.2) is 0 Å². The molecule has 0 aliphatic carbocycles. The smallest absolute Gasteiger partial charge is 0.417 e. The first kappa shape index (κ1) is 16.0. The number of carbonyl (C=O) groups is 2. The van der Waals surface area contributed by atoms with E-state index in [1.807, 2.05) is 55.5 Å². The van der Waals surface area contributed by atoms with Crippen molar-refractivity contribution in [3.8, 4) is 0 Å². The molecule has 4 heteroatoms. The predicted octanol–water partition coefficient (Wildman–Crippen LogP) is 3.84. The van der Waals surface area contributed by atoms with Crippen LogP contribution in [0.2, 0.25) is 0 Å². The van der Waals surface area contributed by atoms with Crippen molar-refractivity contribution in [3.63, 3.8) is 0 Å². The van der Waals surface area contributed by atoms with Crippen LogP contribution in [-0.4, -0.2) is 29.0 Å². The summed E-state index contributed by atoms with van der Waals surface area (Å²) >= 11 is 0. The Hall–Kier alpha value is -2.88. The summed E-state index contributed by atoms with van der Waals surface area (Å²) in [6, 6.07) is 18.3. The van der Waals surface area contributed by atoms with Crippen LogP contribution in [0, 0.1) is 0 Å². The molecule has 2 unspecified atom stereocenters. The van der Waals surface area contributed by atoms with Crippen molar-refractivity contribution in [3.05, 3.63) is 83.9 Å². The summed E-state index contributed by atoms with van der Waals surface area (Å²) in [5.41, 5.74) is 1.54. The zero-order valence-corrected chi connectivity index (χ0v) is 13.5. The number of allylic oxidation sites excluding steroid dienone is 1. The molecule has 1 aliphatic rings. The Morgan fingerprint density at radius 2 is 1.71 bits per heavy atom. The van der Waals surface area contributed by atoms with Gasteiger partial charge < -0.3 is 4.74 Å². The fraction of sp³-hybridized carbons (Fsp3) is 0.200. The Balaban J connectivity index is 1.92.